The van der Waals surface area contributed by atoms with E-state index in [1.54, 1.807) is 0 Å². The number of nitrogens with one attached hydrogen (secondary N) is 1. The maximum absolute atomic E-state index is 13.3. The Balaban J connectivity index is 1.52. The lowest BCUT2D eigenvalue weighted by molar-refractivity contribution is 0.0821. The van der Waals surface area contributed by atoms with E-state index < -0.39 is 0 Å². The van der Waals surface area contributed by atoms with Gasteiger partial charge >= 0.3 is 0 Å². The molecule has 1 aromatic carbocycles. The molecule has 2 aromatic heterocycles. The van der Waals surface area contributed by atoms with Crippen molar-refractivity contribution in [2.75, 3.05) is 0 Å². The van der Waals surface area contributed by atoms with Crippen LogP contribution in [0.5, 0.6) is 0 Å². The van der Waals surface area contributed by atoms with Crippen LogP contribution in [0.1, 0.15) is 112 Å². The van der Waals surface area contributed by atoms with Crippen LogP contribution in [0.15, 0.2) is 23.0 Å². The highest BCUT2D eigenvalue weighted by Crippen LogP contribution is 2.35. The van der Waals surface area contributed by atoms with Crippen LogP contribution in [-0.4, -0.2) is 36.1 Å². The normalized spacial score (nSPS) is 19.0. The lowest BCUT2D eigenvalue weighted by atomic mass is 9.91. The van der Waals surface area contributed by atoms with Gasteiger partial charge < -0.3 is 4.98 Å². The van der Waals surface area contributed by atoms with Gasteiger partial charge in [-0.1, -0.05) is 57.6 Å². The molecule has 2 heterocycles. The Hall–Kier alpha value is -2.54. The highest BCUT2D eigenvalue weighted by Gasteiger charge is 2.33. The third-order valence-corrected chi connectivity index (χ3v) is 8.55. The smallest absolute Gasteiger partial charge is 0.252 e. The third kappa shape index (κ3) is 4.92. The van der Waals surface area contributed by atoms with Gasteiger partial charge in [-0.2, -0.15) is 0 Å². The number of fused-ring (bicyclic) bond motifs is 1. The number of aromatic nitrogens is 5. The van der Waals surface area contributed by atoms with Gasteiger partial charge in [0.15, 0.2) is 5.82 Å². The van der Waals surface area contributed by atoms with E-state index in [0.29, 0.717) is 18.6 Å². The van der Waals surface area contributed by atoms with Crippen molar-refractivity contribution in [2.24, 2.45) is 0 Å². The van der Waals surface area contributed by atoms with E-state index in [-0.39, 0.29) is 11.6 Å². The zero-order chi connectivity index (χ0) is 24.4. The molecule has 35 heavy (non-hydrogen) atoms. The Kier molecular flexibility index (Phi) is 7.32. The molecule has 0 saturated heterocycles. The number of nitrogens with zero attached hydrogens (tertiary/aromatic N) is 5. The SMILES string of the molecule is CC[C@H](c1nnnn1C1CCCCC1)N(Cc1cc2ccc(C)c(C)c2[nH]c1=O)C1CCCCC1. The molecular formula is C28H40N6O. The van der Waals surface area contributed by atoms with Gasteiger partial charge in [-0.3, -0.25) is 9.69 Å². The summed E-state index contributed by atoms with van der Waals surface area (Å²) in [5.41, 5.74) is 4.16. The van der Waals surface area contributed by atoms with Crippen LogP contribution in [0.2, 0.25) is 0 Å². The number of tetrazole rings is 1. The van der Waals surface area contributed by atoms with Crippen molar-refractivity contribution in [1.82, 2.24) is 30.1 Å². The van der Waals surface area contributed by atoms with Crippen molar-refractivity contribution in [3.8, 4) is 0 Å². The van der Waals surface area contributed by atoms with Gasteiger partial charge in [0.2, 0.25) is 0 Å². The number of hydrogen-bond acceptors (Lipinski definition) is 5. The molecule has 0 amide bonds. The van der Waals surface area contributed by atoms with E-state index >= 15 is 0 Å². The first-order chi connectivity index (χ1) is 17.1. The quantitative estimate of drug-likeness (QED) is 0.458. The molecule has 2 saturated carbocycles. The highest BCUT2D eigenvalue weighted by molar-refractivity contribution is 5.83. The summed E-state index contributed by atoms with van der Waals surface area (Å²) in [6.07, 6.45) is 13.2. The number of aromatic amines is 1. The van der Waals surface area contributed by atoms with Gasteiger partial charge in [-0.15, -0.1) is 5.10 Å². The van der Waals surface area contributed by atoms with Crippen LogP contribution >= 0.6 is 0 Å². The van der Waals surface area contributed by atoms with Gasteiger partial charge in [0.05, 0.1) is 17.6 Å². The molecule has 7 nitrogen and oxygen atoms in total. The molecule has 2 aliphatic rings. The summed E-state index contributed by atoms with van der Waals surface area (Å²) in [4.78, 5) is 19.1. The Morgan fingerprint density at radius 2 is 1.77 bits per heavy atom. The second kappa shape index (κ2) is 10.6. The summed E-state index contributed by atoms with van der Waals surface area (Å²) in [5.74, 6) is 0.980. The number of benzene rings is 1. The van der Waals surface area contributed by atoms with E-state index in [2.05, 4.69) is 69.1 Å². The molecule has 1 atom stereocenters. The van der Waals surface area contributed by atoms with Crippen molar-refractivity contribution in [3.05, 3.63) is 51.1 Å². The van der Waals surface area contributed by atoms with Crippen LogP contribution in [0.25, 0.3) is 10.9 Å². The molecule has 2 aliphatic carbocycles. The fraction of sp³-hybridized carbons (Fsp3) is 0.643. The van der Waals surface area contributed by atoms with Crippen LogP contribution < -0.4 is 5.56 Å². The lowest BCUT2D eigenvalue weighted by Gasteiger charge is -2.39. The van der Waals surface area contributed by atoms with E-state index in [0.717, 1.165) is 47.1 Å². The zero-order valence-electron chi connectivity index (χ0n) is 21.6. The standard InChI is InChI=1S/C28H40N6O/c1-4-25(27-30-31-32-34(27)24-13-9-6-10-14-24)33(23-11-7-5-8-12-23)18-22-17-21-16-15-19(2)20(3)26(21)29-28(22)35/h15-17,23-25H,4-14,18H2,1-3H3,(H,29,35)/t25-/m1/s1. The number of H-pyrrole nitrogens is 1. The van der Waals surface area contributed by atoms with Crippen LogP contribution in [-0.2, 0) is 6.54 Å². The average molecular weight is 477 g/mol. The van der Waals surface area contributed by atoms with Crippen molar-refractivity contribution < 1.29 is 0 Å². The molecule has 0 radical (unpaired) electrons. The van der Waals surface area contributed by atoms with Gasteiger partial charge in [-0.25, -0.2) is 4.68 Å². The number of rotatable bonds is 7. The van der Waals surface area contributed by atoms with Crippen LogP contribution in [0.4, 0.5) is 0 Å². The monoisotopic (exact) mass is 476 g/mol. The third-order valence-electron chi connectivity index (χ3n) is 8.55. The summed E-state index contributed by atoms with van der Waals surface area (Å²) >= 11 is 0. The minimum absolute atomic E-state index is 0.0220. The van der Waals surface area contributed by atoms with E-state index in [4.69, 9.17) is 0 Å². The van der Waals surface area contributed by atoms with Crippen LogP contribution in [0.3, 0.4) is 0 Å². The minimum atomic E-state index is 0.0220. The average Bonchev–Trinajstić information content (AvgIpc) is 3.38. The second-order valence-corrected chi connectivity index (χ2v) is 10.8. The summed E-state index contributed by atoms with van der Waals surface area (Å²) in [6.45, 7) is 7.03. The lowest BCUT2D eigenvalue weighted by Crippen LogP contribution is -2.41. The van der Waals surface area contributed by atoms with Crippen molar-refractivity contribution in [2.45, 2.75) is 116 Å². The molecule has 2 fully saturated rings. The van der Waals surface area contributed by atoms with E-state index in [1.165, 1.54) is 56.9 Å². The first-order valence-corrected chi connectivity index (χ1v) is 13.7. The molecular weight excluding hydrogens is 436 g/mol. The predicted octanol–water partition coefficient (Wildman–Crippen LogP) is 5.92. The van der Waals surface area contributed by atoms with Crippen molar-refractivity contribution in [1.29, 1.82) is 0 Å². The first-order valence-electron chi connectivity index (χ1n) is 13.7. The predicted molar refractivity (Wildman–Crippen MR) is 139 cm³/mol. The van der Waals surface area contributed by atoms with E-state index in [9.17, 15) is 4.79 Å². The molecule has 0 unspecified atom stereocenters. The Bertz CT molecular complexity index is 1200. The number of aryl methyl sites for hydroxylation is 2. The van der Waals surface area contributed by atoms with Gasteiger partial charge in [0, 0.05) is 18.2 Å². The molecule has 5 rings (SSSR count). The summed E-state index contributed by atoms with van der Waals surface area (Å²) < 4.78 is 2.12. The molecule has 3 aromatic rings. The van der Waals surface area contributed by atoms with Crippen molar-refractivity contribution in [3.63, 3.8) is 0 Å². The maximum Gasteiger partial charge on any atom is 0.252 e. The fourth-order valence-corrected chi connectivity index (χ4v) is 6.36. The largest absolute Gasteiger partial charge is 0.321 e. The number of pyridine rings is 1. The number of hydrogen-bond donors (Lipinski definition) is 1. The topological polar surface area (TPSA) is 79.7 Å². The first kappa shape index (κ1) is 24.2. The van der Waals surface area contributed by atoms with Gasteiger partial charge in [-0.05, 0) is 79.0 Å². The summed E-state index contributed by atoms with van der Waals surface area (Å²) in [5, 5.41) is 14.3. The van der Waals surface area contributed by atoms with Gasteiger partial charge in [0.25, 0.3) is 5.56 Å². The second-order valence-electron chi connectivity index (χ2n) is 10.8. The molecule has 188 valence electrons. The highest BCUT2D eigenvalue weighted by atomic mass is 16.1. The molecule has 1 N–H and O–H groups in total. The fourth-order valence-electron chi connectivity index (χ4n) is 6.36. The minimum Gasteiger partial charge on any atom is -0.321 e. The Morgan fingerprint density at radius 3 is 2.49 bits per heavy atom. The van der Waals surface area contributed by atoms with Gasteiger partial charge in [0.1, 0.15) is 0 Å². The Morgan fingerprint density at radius 1 is 1.06 bits per heavy atom. The zero-order valence-corrected chi connectivity index (χ0v) is 21.6. The summed E-state index contributed by atoms with van der Waals surface area (Å²) in [6, 6.07) is 7.32. The molecule has 0 bridgehead atoms. The molecule has 0 spiro atoms. The van der Waals surface area contributed by atoms with Crippen LogP contribution in [0, 0.1) is 13.8 Å². The molecule has 7 heteroatoms. The van der Waals surface area contributed by atoms with Crippen molar-refractivity contribution >= 4 is 10.9 Å². The summed E-state index contributed by atoms with van der Waals surface area (Å²) in [7, 11) is 0. The Labute approximate surface area is 208 Å². The maximum atomic E-state index is 13.3. The molecule has 0 aliphatic heterocycles. The van der Waals surface area contributed by atoms with E-state index in [1.807, 2.05) is 0 Å².